The summed E-state index contributed by atoms with van der Waals surface area (Å²) in [7, 11) is 0. The standard InChI is InChI=1S/C10H11FN2O3/c1-6(9(14)13-10(12)15)16-8-5-3-2-4-7(8)11/h2-6H,1H3,(H3,12,13,14,15)/t6-/m1/s1. The zero-order chi connectivity index (χ0) is 12.1. The normalized spacial score (nSPS) is 11.6. The smallest absolute Gasteiger partial charge is 0.318 e. The molecule has 0 heterocycles. The first kappa shape index (κ1) is 12.0. The second-order valence-electron chi connectivity index (χ2n) is 3.04. The van der Waals surface area contributed by atoms with Crippen LogP contribution in [0, 0.1) is 5.82 Å². The molecule has 0 spiro atoms. The quantitative estimate of drug-likeness (QED) is 0.799. The van der Waals surface area contributed by atoms with Gasteiger partial charge in [-0.25, -0.2) is 9.18 Å². The number of amides is 3. The van der Waals surface area contributed by atoms with E-state index in [2.05, 4.69) is 0 Å². The van der Waals surface area contributed by atoms with Gasteiger partial charge in [0, 0.05) is 0 Å². The first-order valence-corrected chi connectivity index (χ1v) is 4.52. The summed E-state index contributed by atoms with van der Waals surface area (Å²) < 4.78 is 18.1. The fraction of sp³-hybridized carbons (Fsp3) is 0.200. The molecule has 1 rings (SSSR count). The zero-order valence-corrected chi connectivity index (χ0v) is 8.57. The Morgan fingerprint density at radius 2 is 2.06 bits per heavy atom. The average Bonchev–Trinajstić information content (AvgIpc) is 2.20. The van der Waals surface area contributed by atoms with Crippen molar-refractivity contribution in [2.75, 3.05) is 0 Å². The van der Waals surface area contributed by atoms with Crippen LogP contribution in [0.3, 0.4) is 0 Å². The molecule has 16 heavy (non-hydrogen) atoms. The van der Waals surface area contributed by atoms with Gasteiger partial charge in [-0.2, -0.15) is 0 Å². The number of imide groups is 1. The summed E-state index contributed by atoms with van der Waals surface area (Å²) >= 11 is 0. The molecule has 3 N–H and O–H groups in total. The number of para-hydroxylation sites is 1. The van der Waals surface area contributed by atoms with Crippen LogP contribution in [0.15, 0.2) is 24.3 Å². The highest BCUT2D eigenvalue weighted by Crippen LogP contribution is 2.16. The number of primary amides is 1. The van der Waals surface area contributed by atoms with Gasteiger partial charge in [0.1, 0.15) is 0 Å². The highest BCUT2D eigenvalue weighted by molar-refractivity contribution is 5.95. The number of benzene rings is 1. The van der Waals surface area contributed by atoms with E-state index >= 15 is 0 Å². The predicted molar refractivity (Wildman–Crippen MR) is 54.2 cm³/mol. The lowest BCUT2D eigenvalue weighted by Crippen LogP contribution is -2.42. The van der Waals surface area contributed by atoms with Gasteiger partial charge in [0.25, 0.3) is 5.91 Å². The van der Waals surface area contributed by atoms with Crippen LogP contribution in [0.25, 0.3) is 0 Å². The number of halogens is 1. The lowest BCUT2D eigenvalue weighted by Gasteiger charge is -2.13. The van der Waals surface area contributed by atoms with Crippen molar-refractivity contribution in [1.82, 2.24) is 5.32 Å². The number of carbonyl (C=O) groups excluding carboxylic acids is 2. The van der Waals surface area contributed by atoms with Crippen LogP contribution >= 0.6 is 0 Å². The van der Waals surface area contributed by atoms with Gasteiger partial charge in [-0.15, -0.1) is 0 Å². The number of nitrogens with two attached hydrogens (primary N) is 1. The Morgan fingerprint density at radius 3 is 2.62 bits per heavy atom. The highest BCUT2D eigenvalue weighted by Gasteiger charge is 2.17. The maximum atomic E-state index is 13.1. The Balaban J connectivity index is 2.64. The van der Waals surface area contributed by atoms with Crippen LogP contribution in [-0.4, -0.2) is 18.0 Å². The van der Waals surface area contributed by atoms with Crippen molar-refractivity contribution < 1.29 is 18.7 Å². The minimum atomic E-state index is -1.01. The topological polar surface area (TPSA) is 81.4 Å². The summed E-state index contributed by atoms with van der Waals surface area (Å²) in [5.41, 5.74) is 4.75. The largest absolute Gasteiger partial charge is 0.478 e. The Hall–Kier alpha value is -2.11. The van der Waals surface area contributed by atoms with Crippen molar-refractivity contribution >= 4 is 11.9 Å². The van der Waals surface area contributed by atoms with Crippen LogP contribution < -0.4 is 15.8 Å². The third-order valence-electron chi connectivity index (χ3n) is 1.76. The van der Waals surface area contributed by atoms with E-state index in [1.807, 2.05) is 5.32 Å². The van der Waals surface area contributed by atoms with E-state index in [0.717, 1.165) is 0 Å². The van der Waals surface area contributed by atoms with Gasteiger partial charge in [-0.05, 0) is 19.1 Å². The molecule has 0 bridgehead atoms. The molecule has 0 aliphatic carbocycles. The molecule has 6 heteroatoms. The number of carbonyl (C=O) groups is 2. The fourth-order valence-corrected chi connectivity index (χ4v) is 1.01. The number of hydrogen-bond acceptors (Lipinski definition) is 3. The van der Waals surface area contributed by atoms with Gasteiger partial charge in [-0.1, -0.05) is 12.1 Å². The zero-order valence-electron chi connectivity index (χ0n) is 8.57. The summed E-state index contributed by atoms with van der Waals surface area (Å²) in [6, 6.07) is 4.67. The van der Waals surface area contributed by atoms with E-state index in [4.69, 9.17) is 10.5 Å². The third-order valence-corrected chi connectivity index (χ3v) is 1.76. The predicted octanol–water partition coefficient (Wildman–Crippen LogP) is 0.788. The molecule has 0 saturated carbocycles. The Kier molecular flexibility index (Phi) is 3.82. The first-order valence-electron chi connectivity index (χ1n) is 4.52. The Morgan fingerprint density at radius 1 is 1.44 bits per heavy atom. The van der Waals surface area contributed by atoms with E-state index in [0.29, 0.717) is 0 Å². The fourth-order valence-electron chi connectivity index (χ4n) is 1.01. The monoisotopic (exact) mass is 226 g/mol. The summed E-state index contributed by atoms with van der Waals surface area (Å²) in [6.45, 7) is 1.38. The molecule has 0 radical (unpaired) electrons. The molecule has 1 atom stereocenters. The molecule has 1 aromatic carbocycles. The molecular formula is C10H11FN2O3. The second-order valence-corrected chi connectivity index (χ2v) is 3.04. The minimum Gasteiger partial charge on any atom is -0.478 e. The molecule has 0 unspecified atom stereocenters. The number of ether oxygens (including phenoxy) is 1. The summed E-state index contributed by atoms with van der Waals surface area (Å²) in [4.78, 5) is 21.6. The number of urea groups is 1. The van der Waals surface area contributed by atoms with Gasteiger partial charge < -0.3 is 10.5 Å². The second kappa shape index (κ2) is 5.11. The van der Waals surface area contributed by atoms with Crippen molar-refractivity contribution in [3.63, 3.8) is 0 Å². The van der Waals surface area contributed by atoms with Crippen molar-refractivity contribution in [2.24, 2.45) is 5.73 Å². The van der Waals surface area contributed by atoms with Gasteiger partial charge in [0.15, 0.2) is 17.7 Å². The number of rotatable bonds is 3. The van der Waals surface area contributed by atoms with Gasteiger partial charge in [0.05, 0.1) is 0 Å². The Labute approximate surface area is 91.4 Å². The number of nitrogens with one attached hydrogen (secondary N) is 1. The molecule has 0 aromatic heterocycles. The van der Waals surface area contributed by atoms with Crippen LogP contribution in [-0.2, 0) is 4.79 Å². The lowest BCUT2D eigenvalue weighted by molar-refractivity contribution is -0.126. The van der Waals surface area contributed by atoms with E-state index < -0.39 is 23.9 Å². The summed E-state index contributed by atoms with van der Waals surface area (Å²) in [5, 5.41) is 1.83. The van der Waals surface area contributed by atoms with E-state index in [1.165, 1.54) is 25.1 Å². The molecule has 1 aromatic rings. The molecule has 0 aliphatic heterocycles. The van der Waals surface area contributed by atoms with E-state index in [1.54, 1.807) is 6.07 Å². The van der Waals surface area contributed by atoms with Crippen LogP contribution in [0.2, 0.25) is 0 Å². The van der Waals surface area contributed by atoms with Crippen molar-refractivity contribution in [3.05, 3.63) is 30.1 Å². The van der Waals surface area contributed by atoms with Gasteiger partial charge >= 0.3 is 6.03 Å². The number of hydrogen-bond donors (Lipinski definition) is 2. The SMILES string of the molecule is C[C@@H](Oc1ccccc1F)C(=O)NC(N)=O. The summed E-state index contributed by atoms with van der Waals surface area (Å²) in [5.74, 6) is -1.37. The van der Waals surface area contributed by atoms with Crippen LogP contribution in [0.1, 0.15) is 6.92 Å². The van der Waals surface area contributed by atoms with E-state index in [-0.39, 0.29) is 5.75 Å². The van der Waals surface area contributed by atoms with Crippen molar-refractivity contribution in [1.29, 1.82) is 0 Å². The maximum Gasteiger partial charge on any atom is 0.318 e. The Bertz CT molecular complexity index is 409. The van der Waals surface area contributed by atoms with Gasteiger partial charge in [-0.3, -0.25) is 10.1 Å². The molecule has 0 saturated heterocycles. The third kappa shape index (κ3) is 3.23. The molecule has 3 amide bonds. The van der Waals surface area contributed by atoms with Crippen LogP contribution in [0.4, 0.5) is 9.18 Å². The molecule has 5 nitrogen and oxygen atoms in total. The van der Waals surface area contributed by atoms with Crippen molar-refractivity contribution in [2.45, 2.75) is 13.0 Å². The molecular weight excluding hydrogens is 215 g/mol. The summed E-state index contributed by atoms with van der Waals surface area (Å²) in [6.07, 6.45) is -1.01. The minimum absolute atomic E-state index is 0.0605. The molecule has 0 aliphatic rings. The first-order chi connectivity index (χ1) is 7.50. The van der Waals surface area contributed by atoms with Crippen LogP contribution in [0.5, 0.6) is 5.75 Å². The highest BCUT2D eigenvalue weighted by atomic mass is 19.1. The van der Waals surface area contributed by atoms with Gasteiger partial charge in [0.2, 0.25) is 0 Å². The maximum absolute atomic E-state index is 13.1. The van der Waals surface area contributed by atoms with Crippen molar-refractivity contribution in [3.8, 4) is 5.75 Å². The average molecular weight is 226 g/mol. The molecule has 86 valence electrons. The molecule has 0 fully saturated rings. The lowest BCUT2D eigenvalue weighted by atomic mass is 10.3. The van der Waals surface area contributed by atoms with E-state index in [9.17, 15) is 14.0 Å².